The van der Waals surface area contributed by atoms with Crippen LogP contribution < -0.4 is 5.32 Å². The molecule has 0 radical (unpaired) electrons. The van der Waals surface area contributed by atoms with E-state index in [2.05, 4.69) is 59.0 Å². The summed E-state index contributed by atoms with van der Waals surface area (Å²) in [7, 11) is 0. The van der Waals surface area contributed by atoms with Gasteiger partial charge in [-0.05, 0) is 40.2 Å². The summed E-state index contributed by atoms with van der Waals surface area (Å²) in [5.41, 5.74) is 3.50. The fourth-order valence-corrected chi connectivity index (χ4v) is 3.22. The quantitative estimate of drug-likeness (QED) is 0.607. The molecule has 0 aliphatic rings. The number of hydrogen-bond acceptors (Lipinski definition) is 2. The van der Waals surface area contributed by atoms with Crippen molar-refractivity contribution in [3.05, 3.63) is 57.1 Å². The molecule has 0 saturated carbocycles. The Morgan fingerprint density at radius 3 is 1.96 bits per heavy atom. The summed E-state index contributed by atoms with van der Waals surface area (Å²) < 4.78 is 0. The molecule has 0 amide bonds. The number of anilines is 1. The molecule has 2 aromatic rings. The number of benzene rings is 2. The summed E-state index contributed by atoms with van der Waals surface area (Å²) in [6.07, 6.45) is 0. The third kappa shape index (κ3) is 4.62. The Balaban J connectivity index is 2.46. The van der Waals surface area contributed by atoms with E-state index >= 15 is 0 Å². The lowest BCUT2D eigenvalue weighted by molar-refractivity contribution is 0.439. The Kier molecular flexibility index (Phi) is 5.65. The summed E-state index contributed by atoms with van der Waals surface area (Å²) in [5.74, 6) is 0.330. The molecule has 136 valence electrons. The summed E-state index contributed by atoms with van der Waals surface area (Å²) in [6, 6.07) is 9.57. The highest BCUT2D eigenvalue weighted by molar-refractivity contribution is 6.39. The minimum Gasteiger partial charge on any atom is -0.507 e. The third-order valence-corrected chi connectivity index (χ3v) is 4.91. The topological polar surface area (TPSA) is 32.3 Å². The van der Waals surface area contributed by atoms with Crippen LogP contribution in [-0.4, -0.2) is 5.11 Å². The van der Waals surface area contributed by atoms with Gasteiger partial charge in [0.05, 0.1) is 15.7 Å². The van der Waals surface area contributed by atoms with Crippen LogP contribution in [0.2, 0.25) is 10.0 Å². The SMILES string of the molecule is CC(C)(C)c1cc(CNc2c(Cl)cccc2Cl)c(O)c(C(C)(C)C)c1. The highest BCUT2D eigenvalue weighted by Crippen LogP contribution is 2.38. The van der Waals surface area contributed by atoms with Crippen molar-refractivity contribution in [3.63, 3.8) is 0 Å². The predicted octanol–water partition coefficient (Wildman–Crippen LogP) is 6.91. The van der Waals surface area contributed by atoms with Crippen LogP contribution in [0, 0.1) is 0 Å². The average Bonchev–Trinajstić information content (AvgIpc) is 2.45. The van der Waals surface area contributed by atoms with E-state index in [1.807, 2.05) is 6.07 Å². The van der Waals surface area contributed by atoms with Gasteiger partial charge in [-0.25, -0.2) is 0 Å². The number of para-hydroxylation sites is 1. The molecule has 0 spiro atoms. The minimum absolute atomic E-state index is 0.00944. The van der Waals surface area contributed by atoms with E-state index in [0.717, 1.165) is 11.1 Å². The molecule has 2 aromatic carbocycles. The third-order valence-electron chi connectivity index (χ3n) is 4.28. The van der Waals surface area contributed by atoms with Crippen molar-refractivity contribution in [2.75, 3.05) is 5.32 Å². The fourth-order valence-electron chi connectivity index (χ4n) is 2.68. The van der Waals surface area contributed by atoms with Crippen molar-refractivity contribution in [1.29, 1.82) is 0 Å². The molecule has 0 bridgehead atoms. The van der Waals surface area contributed by atoms with Crippen LogP contribution in [0.1, 0.15) is 58.2 Å². The first kappa shape index (κ1) is 19.9. The van der Waals surface area contributed by atoms with Crippen LogP contribution in [0.4, 0.5) is 5.69 Å². The van der Waals surface area contributed by atoms with Crippen molar-refractivity contribution in [3.8, 4) is 5.75 Å². The first-order chi connectivity index (χ1) is 11.4. The maximum atomic E-state index is 10.8. The lowest BCUT2D eigenvalue weighted by Crippen LogP contribution is -2.18. The molecule has 0 aliphatic carbocycles. The van der Waals surface area contributed by atoms with Gasteiger partial charge in [0.1, 0.15) is 5.75 Å². The number of halogens is 2. The van der Waals surface area contributed by atoms with Gasteiger partial charge in [0.2, 0.25) is 0 Å². The summed E-state index contributed by atoms with van der Waals surface area (Å²) in [6.45, 7) is 13.3. The van der Waals surface area contributed by atoms with E-state index in [1.54, 1.807) is 12.1 Å². The van der Waals surface area contributed by atoms with Crippen molar-refractivity contribution in [2.24, 2.45) is 0 Å². The Hall–Kier alpha value is -1.38. The second-order valence-electron chi connectivity index (χ2n) is 8.48. The van der Waals surface area contributed by atoms with Crippen molar-refractivity contribution >= 4 is 28.9 Å². The van der Waals surface area contributed by atoms with Crippen LogP contribution in [-0.2, 0) is 17.4 Å². The zero-order valence-electron chi connectivity index (χ0n) is 15.8. The summed E-state index contributed by atoms with van der Waals surface area (Å²) in [5, 5.41) is 15.2. The van der Waals surface area contributed by atoms with Gasteiger partial charge in [0.25, 0.3) is 0 Å². The number of aromatic hydroxyl groups is 1. The van der Waals surface area contributed by atoms with E-state index < -0.39 is 0 Å². The van der Waals surface area contributed by atoms with Gasteiger partial charge >= 0.3 is 0 Å². The second-order valence-corrected chi connectivity index (χ2v) is 9.30. The number of hydrogen-bond donors (Lipinski definition) is 2. The first-order valence-electron chi connectivity index (χ1n) is 8.46. The summed E-state index contributed by atoms with van der Waals surface area (Å²) >= 11 is 12.5. The van der Waals surface area contributed by atoms with Crippen molar-refractivity contribution < 1.29 is 5.11 Å². The van der Waals surface area contributed by atoms with Gasteiger partial charge in [0.15, 0.2) is 0 Å². The molecule has 0 fully saturated rings. The molecular formula is C21H27Cl2NO. The Morgan fingerprint density at radius 2 is 1.48 bits per heavy atom. The van der Waals surface area contributed by atoms with Crippen LogP contribution in [0.5, 0.6) is 5.75 Å². The largest absolute Gasteiger partial charge is 0.507 e. The maximum absolute atomic E-state index is 10.8. The van der Waals surface area contributed by atoms with Crippen LogP contribution in [0.3, 0.4) is 0 Å². The molecule has 0 unspecified atom stereocenters. The molecule has 0 aliphatic heterocycles. The number of phenolic OH excluding ortho intramolecular Hbond substituents is 1. The van der Waals surface area contributed by atoms with Crippen LogP contribution >= 0.6 is 23.2 Å². The zero-order chi connectivity index (χ0) is 19.0. The van der Waals surface area contributed by atoms with Crippen molar-refractivity contribution in [2.45, 2.75) is 58.9 Å². The molecule has 2 N–H and O–H groups in total. The number of nitrogens with one attached hydrogen (secondary N) is 1. The van der Waals surface area contributed by atoms with Gasteiger partial charge in [-0.3, -0.25) is 0 Å². The predicted molar refractivity (Wildman–Crippen MR) is 109 cm³/mol. The highest BCUT2D eigenvalue weighted by Gasteiger charge is 2.25. The molecule has 0 atom stereocenters. The number of phenols is 1. The minimum atomic E-state index is -0.151. The van der Waals surface area contributed by atoms with E-state index in [4.69, 9.17) is 23.2 Å². The van der Waals surface area contributed by atoms with Crippen molar-refractivity contribution in [1.82, 2.24) is 0 Å². The van der Waals surface area contributed by atoms with Crippen LogP contribution in [0.15, 0.2) is 30.3 Å². The van der Waals surface area contributed by atoms with E-state index in [9.17, 15) is 5.11 Å². The molecule has 25 heavy (non-hydrogen) atoms. The molecule has 0 saturated heterocycles. The normalized spacial score (nSPS) is 12.3. The smallest absolute Gasteiger partial charge is 0.124 e. The zero-order valence-corrected chi connectivity index (χ0v) is 17.3. The van der Waals surface area contributed by atoms with Gasteiger partial charge in [-0.15, -0.1) is 0 Å². The van der Waals surface area contributed by atoms with E-state index in [0.29, 0.717) is 28.0 Å². The van der Waals surface area contributed by atoms with Gasteiger partial charge in [-0.1, -0.05) is 76.9 Å². The molecule has 2 nitrogen and oxygen atoms in total. The lowest BCUT2D eigenvalue weighted by Gasteiger charge is -2.27. The molecule has 2 rings (SSSR count). The molecule has 0 aromatic heterocycles. The monoisotopic (exact) mass is 379 g/mol. The average molecular weight is 380 g/mol. The number of rotatable bonds is 3. The standard InChI is InChI=1S/C21H27Cl2NO/c1-20(2,3)14-10-13(19(25)15(11-14)21(4,5)6)12-24-18-16(22)8-7-9-17(18)23/h7-11,24-25H,12H2,1-6H3. The van der Waals surface area contributed by atoms with E-state index in [1.165, 1.54) is 5.56 Å². The molecular weight excluding hydrogens is 353 g/mol. The maximum Gasteiger partial charge on any atom is 0.124 e. The van der Waals surface area contributed by atoms with Crippen LogP contribution in [0.25, 0.3) is 0 Å². The lowest BCUT2D eigenvalue weighted by atomic mass is 9.79. The Morgan fingerprint density at radius 1 is 0.920 bits per heavy atom. The second kappa shape index (κ2) is 7.09. The molecule has 0 heterocycles. The fraction of sp³-hybridized carbons (Fsp3) is 0.429. The van der Waals surface area contributed by atoms with Gasteiger partial charge < -0.3 is 10.4 Å². The summed E-state index contributed by atoms with van der Waals surface area (Å²) in [4.78, 5) is 0. The Labute approximate surface area is 161 Å². The molecule has 4 heteroatoms. The van der Waals surface area contributed by atoms with E-state index in [-0.39, 0.29) is 10.8 Å². The first-order valence-corrected chi connectivity index (χ1v) is 9.21. The van der Waals surface area contributed by atoms with Gasteiger partial charge in [-0.2, -0.15) is 0 Å². The highest BCUT2D eigenvalue weighted by atomic mass is 35.5. The Bertz CT molecular complexity index is 750. The van der Waals surface area contributed by atoms with Gasteiger partial charge in [0, 0.05) is 12.1 Å².